The van der Waals surface area contributed by atoms with Crippen molar-refractivity contribution in [3.63, 3.8) is 0 Å². The van der Waals surface area contributed by atoms with Gasteiger partial charge in [0.2, 0.25) is 0 Å². The van der Waals surface area contributed by atoms with E-state index in [0.717, 1.165) is 18.9 Å². The summed E-state index contributed by atoms with van der Waals surface area (Å²) in [4.78, 5) is 2.42. The molecule has 74 valence electrons. The van der Waals surface area contributed by atoms with Gasteiger partial charge in [-0.1, -0.05) is 13.8 Å². The predicted octanol–water partition coefficient (Wildman–Crippen LogP) is 1.70. The van der Waals surface area contributed by atoms with Gasteiger partial charge in [0.25, 0.3) is 0 Å². The van der Waals surface area contributed by atoms with Crippen LogP contribution in [-0.2, 0) is 0 Å². The highest BCUT2D eigenvalue weighted by molar-refractivity contribution is 4.64. The van der Waals surface area contributed by atoms with Crippen molar-refractivity contribution in [2.45, 2.75) is 39.7 Å². The molecule has 2 N–H and O–H groups in total. The molecule has 0 bridgehead atoms. The zero-order valence-electron chi connectivity index (χ0n) is 9.01. The number of rotatable bonds is 6. The second-order valence-electron chi connectivity index (χ2n) is 3.88. The van der Waals surface area contributed by atoms with E-state index in [9.17, 15) is 0 Å². The highest BCUT2D eigenvalue weighted by Crippen LogP contribution is 2.07. The van der Waals surface area contributed by atoms with Gasteiger partial charge in [0.05, 0.1) is 0 Å². The lowest BCUT2D eigenvalue weighted by Crippen LogP contribution is -2.33. The van der Waals surface area contributed by atoms with Crippen LogP contribution in [0.3, 0.4) is 0 Å². The Bertz CT molecular complexity index is 104. The van der Waals surface area contributed by atoms with Gasteiger partial charge in [-0.3, -0.25) is 0 Å². The smallest absolute Gasteiger partial charge is 0.00613 e. The summed E-state index contributed by atoms with van der Waals surface area (Å²) in [5.74, 6) is 0.731. The maximum Gasteiger partial charge on any atom is 0.00613 e. The third kappa shape index (κ3) is 4.73. The lowest BCUT2D eigenvalue weighted by molar-refractivity contribution is 0.216. The summed E-state index contributed by atoms with van der Waals surface area (Å²) in [6, 6.07) is 0.699. The van der Waals surface area contributed by atoms with E-state index in [1.54, 1.807) is 0 Å². The van der Waals surface area contributed by atoms with Crippen LogP contribution in [-0.4, -0.2) is 31.1 Å². The van der Waals surface area contributed by atoms with Gasteiger partial charge in [-0.15, -0.1) is 0 Å². The molecule has 0 radical (unpaired) electrons. The second-order valence-corrected chi connectivity index (χ2v) is 3.88. The molecule has 0 aromatic heterocycles. The van der Waals surface area contributed by atoms with E-state index in [0.29, 0.717) is 6.04 Å². The highest BCUT2D eigenvalue weighted by Gasteiger charge is 2.09. The van der Waals surface area contributed by atoms with Crippen LogP contribution < -0.4 is 5.73 Å². The first kappa shape index (κ1) is 11.9. The van der Waals surface area contributed by atoms with Gasteiger partial charge < -0.3 is 10.6 Å². The van der Waals surface area contributed by atoms with E-state index in [4.69, 9.17) is 5.73 Å². The normalized spacial score (nSPS) is 16.5. The molecule has 2 unspecified atom stereocenters. The van der Waals surface area contributed by atoms with Gasteiger partial charge in [0.1, 0.15) is 0 Å². The second kappa shape index (κ2) is 6.44. The molecule has 0 aromatic rings. The van der Waals surface area contributed by atoms with Crippen molar-refractivity contribution >= 4 is 0 Å². The van der Waals surface area contributed by atoms with Gasteiger partial charge >= 0.3 is 0 Å². The average molecular weight is 172 g/mol. The lowest BCUT2D eigenvalue weighted by Gasteiger charge is -2.26. The van der Waals surface area contributed by atoms with Crippen LogP contribution in [0.5, 0.6) is 0 Å². The molecule has 0 fully saturated rings. The summed E-state index contributed by atoms with van der Waals surface area (Å²) in [5.41, 5.74) is 5.50. The predicted molar refractivity (Wildman–Crippen MR) is 55.2 cm³/mol. The van der Waals surface area contributed by atoms with Gasteiger partial charge in [0.15, 0.2) is 0 Å². The van der Waals surface area contributed by atoms with Gasteiger partial charge in [0, 0.05) is 12.6 Å². The fraction of sp³-hybridized carbons (Fsp3) is 1.00. The molecule has 0 saturated carbocycles. The standard InChI is InChI=1S/C10H24N2/c1-5-10(3)12(4)8-9(2)6-7-11/h9-10H,5-8,11H2,1-4H3. The number of hydrogen-bond donors (Lipinski definition) is 1. The third-order valence-electron chi connectivity index (χ3n) is 2.60. The molecule has 0 aliphatic heterocycles. The minimum atomic E-state index is 0.699. The van der Waals surface area contributed by atoms with Crippen LogP contribution in [0.4, 0.5) is 0 Å². The Labute approximate surface area is 77.1 Å². The van der Waals surface area contributed by atoms with E-state index in [1.807, 2.05) is 0 Å². The fourth-order valence-electron chi connectivity index (χ4n) is 1.36. The summed E-state index contributed by atoms with van der Waals surface area (Å²) in [6.07, 6.45) is 2.37. The molecule has 0 saturated heterocycles. The van der Waals surface area contributed by atoms with Gasteiger partial charge in [-0.2, -0.15) is 0 Å². The Balaban J connectivity index is 3.59. The van der Waals surface area contributed by atoms with Crippen LogP contribution >= 0.6 is 0 Å². The topological polar surface area (TPSA) is 29.3 Å². The Morgan fingerprint density at radius 3 is 2.33 bits per heavy atom. The van der Waals surface area contributed by atoms with Crippen molar-refractivity contribution in [3.8, 4) is 0 Å². The van der Waals surface area contributed by atoms with Crippen LogP contribution in [0.2, 0.25) is 0 Å². The van der Waals surface area contributed by atoms with Crippen molar-refractivity contribution in [2.24, 2.45) is 11.7 Å². The Hall–Kier alpha value is -0.0800. The number of hydrogen-bond acceptors (Lipinski definition) is 2. The molecular formula is C10H24N2. The van der Waals surface area contributed by atoms with Crippen LogP contribution in [0.25, 0.3) is 0 Å². The first-order valence-electron chi connectivity index (χ1n) is 5.02. The molecule has 0 heterocycles. The van der Waals surface area contributed by atoms with E-state index in [1.165, 1.54) is 13.0 Å². The van der Waals surface area contributed by atoms with E-state index in [-0.39, 0.29) is 0 Å². The Morgan fingerprint density at radius 1 is 1.33 bits per heavy atom. The molecule has 2 atom stereocenters. The van der Waals surface area contributed by atoms with E-state index < -0.39 is 0 Å². The molecule has 2 heteroatoms. The van der Waals surface area contributed by atoms with Crippen LogP contribution in [0.15, 0.2) is 0 Å². The number of nitrogens with zero attached hydrogens (tertiary/aromatic N) is 1. The summed E-state index contributed by atoms with van der Waals surface area (Å²) in [6.45, 7) is 8.76. The molecule has 12 heavy (non-hydrogen) atoms. The van der Waals surface area contributed by atoms with Crippen molar-refractivity contribution in [1.29, 1.82) is 0 Å². The zero-order valence-corrected chi connectivity index (χ0v) is 9.01. The first-order chi connectivity index (χ1) is 5.61. The maximum absolute atomic E-state index is 5.50. The monoisotopic (exact) mass is 172 g/mol. The molecule has 0 amide bonds. The average Bonchev–Trinajstić information content (AvgIpc) is 2.03. The molecule has 0 aliphatic carbocycles. The Morgan fingerprint density at radius 2 is 1.92 bits per heavy atom. The van der Waals surface area contributed by atoms with Crippen molar-refractivity contribution in [2.75, 3.05) is 20.1 Å². The number of nitrogens with two attached hydrogens (primary N) is 1. The van der Waals surface area contributed by atoms with E-state index in [2.05, 4.69) is 32.7 Å². The third-order valence-corrected chi connectivity index (χ3v) is 2.60. The maximum atomic E-state index is 5.50. The highest BCUT2D eigenvalue weighted by atomic mass is 15.1. The SMILES string of the molecule is CCC(C)N(C)CC(C)CCN. The summed E-state index contributed by atoms with van der Waals surface area (Å²) < 4.78 is 0. The Kier molecular flexibility index (Phi) is 6.39. The zero-order chi connectivity index (χ0) is 9.56. The van der Waals surface area contributed by atoms with Gasteiger partial charge in [-0.25, -0.2) is 0 Å². The fourth-order valence-corrected chi connectivity index (χ4v) is 1.36. The molecule has 0 aliphatic rings. The van der Waals surface area contributed by atoms with Crippen LogP contribution in [0.1, 0.15) is 33.6 Å². The summed E-state index contributed by atoms with van der Waals surface area (Å²) in [7, 11) is 2.20. The molecule has 2 nitrogen and oxygen atoms in total. The largest absolute Gasteiger partial charge is 0.330 e. The van der Waals surface area contributed by atoms with Crippen molar-refractivity contribution < 1.29 is 0 Å². The minimum Gasteiger partial charge on any atom is -0.330 e. The van der Waals surface area contributed by atoms with Crippen LogP contribution in [0, 0.1) is 5.92 Å². The summed E-state index contributed by atoms with van der Waals surface area (Å²) in [5, 5.41) is 0. The first-order valence-corrected chi connectivity index (χ1v) is 5.02. The minimum absolute atomic E-state index is 0.699. The quantitative estimate of drug-likeness (QED) is 0.661. The van der Waals surface area contributed by atoms with E-state index >= 15 is 0 Å². The molecule has 0 aromatic carbocycles. The molecule has 0 rings (SSSR count). The van der Waals surface area contributed by atoms with Crippen molar-refractivity contribution in [1.82, 2.24) is 4.90 Å². The summed E-state index contributed by atoms with van der Waals surface area (Å²) >= 11 is 0. The molecule has 0 spiro atoms. The molecular weight excluding hydrogens is 148 g/mol. The van der Waals surface area contributed by atoms with Crippen molar-refractivity contribution in [3.05, 3.63) is 0 Å². The lowest BCUT2D eigenvalue weighted by atomic mass is 10.1. The van der Waals surface area contributed by atoms with Gasteiger partial charge in [-0.05, 0) is 39.3 Å².